The second-order valence-corrected chi connectivity index (χ2v) is 5.66. The molecule has 0 saturated heterocycles. The Balaban J connectivity index is 2.39. The fraction of sp³-hybridized carbons (Fsp3) is 0.250. The Labute approximate surface area is 117 Å². The number of halogens is 2. The molecule has 0 atom stereocenters. The van der Waals surface area contributed by atoms with Crippen molar-refractivity contribution in [3.63, 3.8) is 0 Å². The highest BCUT2D eigenvalue weighted by atomic mass is 19.2. The number of anilines is 1. The molecule has 2 rings (SSSR count). The molecule has 20 heavy (non-hydrogen) atoms. The van der Waals surface area contributed by atoms with Crippen molar-refractivity contribution in [3.8, 4) is 11.5 Å². The molecule has 2 aromatic rings. The number of ether oxygens (including phenoxy) is 1. The van der Waals surface area contributed by atoms with Crippen LogP contribution in [0.5, 0.6) is 11.5 Å². The molecule has 0 saturated carbocycles. The van der Waals surface area contributed by atoms with Crippen molar-refractivity contribution in [1.29, 1.82) is 0 Å². The molecule has 0 unspecified atom stereocenters. The van der Waals surface area contributed by atoms with E-state index in [0.29, 0.717) is 5.75 Å². The van der Waals surface area contributed by atoms with Gasteiger partial charge in [0.05, 0.1) is 5.69 Å². The summed E-state index contributed by atoms with van der Waals surface area (Å²) in [6.45, 7) is 6.18. The van der Waals surface area contributed by atoms with Gasteiger partial charge in [0, 0.05) is 0 Å². The molecule has 2 N–H and O–H groups in total. The first kappa shape index (κ1) is 14.3. The summed E-state index contributed by atoms with van der Waals surface area (Å²) in [6.07, 6.45) is 0. The monoisotopic (exact) mass is 277 g/mol. The third-order valence-electron chi connectivity index (χ3n) is 3.00. The van der Waals surface area contributed by atoms with Crippen LogP contribution in [0.15, 0.2) is 36.4 Å². The van der Waals surface area contributed by atoms with Gasteiger partial charge in [0.25, 0.3) is 0 Å². The van der Waals surface area contributed by atoms with Crippen LogP contribution in [0.3, 0.4) is 0 Å². The number of hydrogen-bond donors (Lipinski definition) is 1. The summed E-state index contributed by atoms with van der Waals surface area (Å²) >= 11 is 0. The van der Waals surface area contributed by atoms with Gasteiger partial charge in [-0.15, -0.1) is 0 Å². The van der Waals surface area contributed by atoms with Crippen LogP contribution in [0.4, 0.5) is 14.5 Å². The van der Waals surface area contributed by atoms with Crippen LogP contribution in [0.2, 0.25) is 0 Å². The molecule has 0 fully saturated rings. The van der Waals surface area contributed by atoms with Crippen molar-refractivity contribution in [3.05, 3.63) is 53.6 Å². The van der Waals surface area contributed by atoms with E-state index in [1.54, 1.807) is 12.1 Å². The summed E-state index contributed by atoms with van der Waals surface area (Å²) < 4.78 is 32.3. The third kappa shape index (κ3) is 2.90. The fourth-order valence-electron chi connectivity index (χ4n) is 1.79. The lowest BCUT2D eigenvalue weighted by atomic mass is 9.87. The van der Waals surface area contributed by atoms with Crippen molar-refractivity contribution >= 4 is 5.69 Å². The summed E-state index contributed by atoms with van der Waals surface area (Å²) in [7, 11) is 0. The molecule has 0 aliphatic heterocycles. The molecule has 2 aromatic carbocycles. The molecule has 0 heterocycles. The maximum atomic E-state index is 13.7. The number of nitrogens with two attached hydrogens (primary N) is 1. The molecule has 0 aromatic heterocycles. The third-order valence-corrected chi connectivity index (χ3v) is 3.00. The molecule has 0 bridgehead atoms. The smallest absolute Gasteiger partial charge is 0.203 e. The first-order valence-electron chi connectivity index (χ1n) is 6.31. The molecule has 2 nitrogen and oxygen atoms in total. The molecular weight excluding hydrogens is 260 g/mol. The first-order valence-corrected chi connectivity index (χ1v) is 6.31. The molecule has 4 heteroatoms. The lowest BCUT2D eigenvalue weighted by molar-refractivity contribution is 0.417. The highest BCUT2D eigenvalue weighted by Crippen LogP contribution is 2.33. The molecule has 0 spiro atoms. The van der Waals surface area contributed by atoms with E-state index in [-0.39, 0.29) is 16.9 Å². The molecule has 0 aliphatic rings. The Kier molecular flexibility index (Phi) is 3.66. The number of hydrogen-bond acceptors (Lipinski definition) is 2. The van der Waals surface area contributed by atoms with Crippen molar-refractivity contribution in [1.82, 2.24) is 0 Å². The zero-order chi connectivity index (χ0) is 14.9. The van der Waals surface area contributed by atoms with Crippen molar-refractivity contribution < 1.29 is 13.5 Å². The number of rotatable bonds is 2. The summed E-state index contributed by atoms with van der Waals surface area (Å²) in [5.41, 5.74) is 6.66. The van der Waals surface area contributed by atoms with Crippen LogP contribution in [0, 0.1) is 11.6 Å². The SMILES string of the molecule is CC(C)(C)c1cccc(Oc2c(N)ccc(F)c2F)c1. The Morgan fingerprint density at radius 1 is 1.05 bits per heavy atom. The minimum absolute atomic E-state index is 0.0602. The first-order chi connectivity index (χ1) is 9.29. The van der Waals surface area contributed by atoms with E-state index in [0.717, 1.165) is 11.6 Å². The standard InChI is InChI=1S/C16H17F2NO/c1-16(2,3)10-5-4-6-11(9-10)20-15-13(19)8-7-12(17)14(15)18/h4-9H,19H2,1-3H3. The molecule has 0 radical (unpaired) electrons. The van der Waals surface area contributed by atoms with E-state index in [2.05, 4.69) is 20.8 Å². The second-order valence-electron chi connectivity index (χ2n) is 5.66. The van der Waals surface area contributed by atoms with Crippen LogP contribution >= 0.6 is 0 Å². The van der Waals surface area contributed by atoms with Gasteiger partial charge in [-0.25, -0.2) is 4.39 Å². The fourth-order valence-corrected chi connectivity index (χ4v) is 1.79. The molecular formula is C16H17F2NO. The maximum Gasteiger partial charge on any atom is 0.203 e. The van der Waals surface area contributed by atoms with E-state index < -0.39 is 11.6 Å². The minimum Gasteiger partial charge on any atom is -0.452 e. The van der Waals surface area contributed by atoms with Crippen LogP contribution < -0.4 is 10.5 Å². The van der Waals surface area contributed by atoms with Gasteiger partial charge in [-0.1, -0.05) is 32.9 Å². The minimum atomic E-state index is -1.08. The van der Waals surface area contributed by atoms with Gasteiger partial charge < -0.3 is 10.5 Å². The Hall–Kier alpha value is -2.10. The highest BCUT2D eigenvalue weighted by Gasteiger charge is 2.17. The van der Waals surface area contributed by atoms with E-state index in [1.165, 1.54) is 6.07 Å². The number of nitrogen functional groups attached to an aromatic ring is 1. The lowest BCUT2D eigenvalue weighted by Crippen LogP contribution is -2.10. The van der Waals surface area contributed by atoms with Gasteiger partial charge in [0.2, 0.25) is 5.82 Å². The van der Waals surface area contributed by atoms with Crippen LogP contribution in [0.1, 0.15) is 26.3 Å². The Morgan fingerprint density at radius 3 is 2.40 bits per heavy atom. The number of benzene rings is 2. The van der Waals surface area contributed by atoms with E-state index in [1.807, 2.05) is 12.1 Å². The van der Waals surface area contributed by atoms with Gasteiger partial charge in [-0.3, -0.25) is 0 Å². The van der Waals surface area contributed by atoms with E-state index in [9.17, 15) is 8.78 Å². The lowest BCUT2D eigenvalue weighted by Gasteiger charge is -2.20. The largest absolute Gasteiger partial charge is 0.452 e. The quantitative estimate of drug-likeness (QED) is 0.812. The maximum absolute atomic E-state index is 13.7. The Morgan fingerprint density at radius 2 is 1.75 bits per heavy atom. The van der Waals surface area contributed by atoms with E-state index in [4.69, 9.17) is 10.5 Å². The predicted octanol–water partition coefficient (Wildman–Crippen LogP) is 4.64. The van der Waals surface area contributed by atoms with Crippen molar-refractivity contribution in [2.75, 3.05) is 5.73 Å². The van der Waals surface area contributed by atoms with Crippen molar-refractivity contribution in [2.45, 2.75) is 26.2 Å². The summed E-state index contributed by atoms with van der Waals surface area (Å²) in [4.78, 5) is 0. The molecule has 0 amide bonds. The van der Waals surface area contributed by atoms with Crippen molar-refractivity contribution in [2.24, 2.45) is 0 Å². The van der Waals surface area contributed by atoms with Crippen LogP contribution in [-0.4, -0.2) is 0 Å². The normalized spacial score (nSPS) is 11.4. The summed E-state index contributed by atoms with van der Waals surface area (Å²) in [6, 6.07) is 9.49. The highest BCUT2D eigenvalue weighted by molar-refractivity contribution is 5.55. The van der Waals surface area contributed by atoms with Gasteiger partial charge in [0.15, 0.2) is 11.6 Å². The van der Waals surface area contributed by atoms with Gasteiger partial charge in [0.1, 0.15) is 5.75 Å². The topological polar surface area (TPSA) is 35.2 Å². The average Bonchev–Trinajstić information content (AvgIpc) is 2.39. The second kappa shape index (κ2) is 5.12. The van der Waals surface area contributed by atoms with Crippen LogP contribution in [0.25, 0.3) is 0 Å². The van der Waals surface area contributed by atoms with Crippen LogP contribution in [-0.2, 0) is 5.41 Å². The summed E-state index contributed by atoms with van der Waals surface area (Å²) in [5.74, 6) is -1.92. The predicted molar refractivity (Wildman–Crippen MR) is 76.0 cm³/mol. The van der Waals surface area contributed by atoms with Gasteiger partial charge in [-0.05, 0) is 35.2 Å². The summed E-state index contributed by atoms with van der Waals surface area (Å²) in [5, 5.41) is 0. The van der Waals surface area contributed by atoms with E-state index >= 15 is 0 Å². The van der Waals surface area contributed by atoms with Gasteiger partial charge in [-0.2, -0.15) is 4.39 Å². The molecule has 106 valence electrons. The Bertz CT molecular complexity index is 633. The van der Waals surface area contributed by atoms with Gasteiger partial charge >= 0.3 is 0 Å². The average molecular weight is 277 g/mol. The zero-order valence-electron chi connectivity index (χ0n) is 11.7. The zero-order valence-corrected chi connectivity index (χ0v) is 11.7. The molecule has 0 aliphatic carbocycles.